The van der Waals surface area contributed by atoms with Gasteiger partial charge < -0.3 is 10.2 Å². The largest absolute Gasteiger partial charge is 0.334 e. The number of carbonyl (C=O) groups excluding carboxylic acids is 1. The van der Waals surface area contributed by atoms with E-state index in [0.29, 0.717) is 12.1 Å². The van der Waals surface area contributed by atoms with Gasteiger partial charge in [0.2, 0.25) is 5.91 Å². The summed E-state index contributed by atoms with van der Waals surface area (Å²) in [4.78, 5) is 15.0. The first-order valence-corrected chi connectivity index (χ1v) is 9.97. The number of nitrogens with one attached hydrogen (secondary N) is 1. The predicted molar refractivity (Wildman–Crippen MR) is 97.9 cm³/mol. The smallest absolute Gasteiger partial charge is 0.227 e. The summed E-state index contributed by atoms with van der Waals surface area (Å²) >= 11 is 1.62. The van der Waals surface area contributed by atoms with Gasteiger partial charge in [-0.15, -0.1) is 0 Å². The Morgan fingerprint density at radius 1 is 1.19 bits per heavy atom. The van der Waals surface area contributed by atoms with Gasteiger partial charge in [-0.3, -0.25) is 4.79 Å². The van der Waals surface area contributed by atoms with Gasteiger partial charge in [0.1, 0.15) is 0 Å². The number of benzene rings is 1. The molecule has 1 atom stereocenters. The van der Waals surface area contributed by atoms with E-state index >= 15 is 0 Å². The van der Waals surface area contributed by atoms with Gasteiger partial charge in [-0.2, -0.15) is 11.3 Å². The zero-order valence-corrected chi connectivity index (χ0v) is 15.3. The second kappa shape index (κ2) is 7.08. The van der Waals surface area contributed by atoms with Gasteiger partial charge in [-0.1, -0.05) is 6.07 Å². The molecule has 2 fully saturated rings. The summed E-state index contributed by atoms with van der Waals surface area (Å²) in [5.41, 5.74) is 1.89. The second-order valence-corrected chi connectivity index (χ2v) is 8.19. The molecule has 1 aromatic carbocycles. The van der Waals surface area contributed by atoms with Crippen molar-refractivity contribution in [1.82, 2.24) is 10.2 Å². The van der Waals surface area contributed by atoms with Crippen molar-refractivity contribution in [2.45, 2.75) is 38.3 Å². The standard InChI is InChI=1S/C20H22F2N2OS/c21-16-2-1-14(9-17(16)22)10-19(25)24(12-15-3-8-26-13-15)18-11-20(18)4-6-23-7-5-20/h1-3,8-9,13,18,23H,4-7,10-12H2. The summed E-state index contributed by atoms with van der Waals surface area (Å²) in [5.74, 6) is -1.80. The highest BCUT2D eigenvalue weighted by molar-refractivity contribution is 7.07. The third-order valence-electron chi connectivity index (χ3n) is 5.71. The first-order valence-electron chi connectivity index (χ1n) is 9.03. The molecule has 4 rings (SSSR count). The van der Waals surface area contributed by atoms with Crippen molar-refractivity contribution in [3.8, 4) is 0 Å². The summed E-state index contributed by atoms with van der Waals surface area (Å²) in [5, 5.41) is 7.47. The number of halogens is 2. The zero-order chi connectivity index (χ0) is 18.1. The Kier molecular flexibility index (Phi) is 4.80. The first-order chi connectivity index (χ1) is 12.6. The van der Waals surface area contributed by atoms with Crippen LogP contribution in [-0.4, -0.2) is 29.9 Å². The number of carbonyl (C=O) groups is 1. The molecule has 1 aliphatic carbocycles. The SMILES string of the molecule is O=C(Cc1ccc(F)c(F)c1)N(Cc1ccsc1)C1CC12CCNCC2. The van der Waals surface area contributed by atoms with Crippen LogP contribution >= 0.6 is 11.3 Å². The van der Waals surface area contributed by atoms with E-state index in [-0.39, 0.29) is 23.8 Å². The molecule has 0 bridgehead atoms. The van der Waals surface area contributed by atoms with Crippen LogP contribution in [0.15, 0.2) is 35.0 Å². The highest BCUT2D eigenvalue weighted by atomic mass is 32.1. The van der Waals surface area contributed by atoms with E-state index in [4.69, 9.17) is 0 Å². The lowest BCUT2D eigenvalue weighted by atomic mass is 9.93. The van der Waals surface area contributed by atoms with E-state index in [0.717, 1.165) is 50.0 Å². The van der Waals surface area contributed by atoms with E-state index in [2.05, 4.69) is 10.7 Å². The van der Waals surface area contributed by atoms with Crippen molar-refractivity contribution >= 4 is 17.2 Å². The van der Waals surface area contributed by atoms with Gasteiger partial charge in [0.05, 0.1) is 6.42 Å². The molecule has 1 saturated heterocycles. The number of hydrogen-bond acceptors (Lipinski definition) is 3. The summed E-state index contributed by atoms with van der Waals surface area (Å²) in [7, 11) is 0. The Morgan fingerprint density at radius 3 is 2.69 bits per heavy atom. The Labute approximate surface area is 156 Å². The van der Waals surface area contributed by atoms with Crippen LogP contribution in [0.25, 0.3) is 0 Å². The molecule has 0 radical (unpaired) electrons. The Morgan fingerprint density at radius 2 is 2.00 bits per heavy atom. The summed E-state index contributed by atoms with van der Waals surface area (Å²) in [6.45, 7) is 2.59. The number of thiophene rings is 1. The predicted octanol–water partition coefficient (Wildman–Crippen LogP) is 3.74. The molecular weight excluding hydrogens is 354 g/mol. The van der Waals surface area contributed by atoms with Crippen LogP contribution in [0.5, 0.6) is 0 Å². The maximum atomic E-state index is 13.5. The molecule has 26 heavy (non-hydrogen) atoms. The lowest BCUT2D eigenvalue weighted by molar-refractivity contribution is -0.132. The molecule has 3 nitrogen and oxygen atoms in total. The Balaban J connectivity index is 1.52. The number of amides is 1. The third-order valence-corrected chi connectivity index (χ3v) is 6.45. The van der Waals surface area contributed by atoms with Crippen molar-refractivity contribution in [2.75, 3.05) is 13.1 Å². The van der Waals surface area contributed by atoms with E-state index < -0.39 is 11.6 Å². The highest BCUT2D eigenvalue weighted by Crippen LogP contribution is 2.56. The normalized spacial score (nSPS) is 20.9. The molecule has 1 saturated carbocycles. The zero-order valence-electron chi connectivity index (χ0n) is 14.5. The summed E-state index contributed by atoms with van der Waals surface area (Å²) in [6, 6.07) is 6.00. The molecule has 2 heterocycles. The lowest BCUT2D eigenvalue weighted by Crippen LogP contribution is -2.39. The monoisotopic (exact) mass is 376 g/mol. The fourth-order valence-corrected chi connectivity index (χ4v) is 4.77. The van der Waals surface area contributed by atoms with E-state index in [1.54, 1.807) is 11.3 Å². The minimum atomic E-state index is -0.902. The van der Waals surface area contributed by atoms with Crippen molar-refractivity contribution < 1.29 is 13.6 Å². The molecule has 1 spiro atoms. The number of rotatable bonds is 5. The van der Waals surface area contributed by atoms with Crippen molar-refractivity contribution in [3.05, 3.63) is 57.8 Å². The molecule has 138 valence electrons. The maximum Gasteiger partial charge on any atom is 0.227 e. The van der Waals surface area contributed by atoms with Crippen LogP contribution in [0.3, 0.4) is 0 Å². The van der Waals surface area contributed by atoms with Crippen LogP contribution in [0, 0.1) is 17.0 Å². The van der Waals surface area contributed by atoms with Crippen LogP contribution in [0.1, 0.15) is 30.4 Å². The number of piperidine rings is 1. The van der Waals surface area contributed by atoms with Crippen LogP contribution in [0.4, 0.5) is 8.78 Å². The van der Waals surface area contributed by atoms with Gasteiger partial charge in [0, 0.05) is 12.6 Å². The van der Waals surface area contributed by atoms with Crippen molar-refractivity contribution in [3.63, 3.8) is 0 Å². The van der Waals surface area contributed by atoms with Gasteiger partial charge in [-0.25, -0.2) is 8.78 Å². The topological polar surface area (TPSA) is 32.3 Å². The van der Waals surface area contributed by atoms with Crippen LogP contribution in [-0.2, 0) is 17.8 Å². The number of hydrogen-bond donors (Lipinski definition) is 1. The van der Waals surface area contributed by atoms with E-state index in [1.165, 1.54) is 6.07 Å². The Hall–Kier alpha value is -1.79. The van der Waals surface area contributed by atoms with Crippen molar-refractivity contribution in [2.24, 2.45) is 5.41 Å². The van der Waals surface area contributed by atoms with Crippen LogP contribution < -0.4 is 5.32 Å². The molecule has 2 aliphatic rings. The van der Waals surface area contributed by atoms with Crippen molar-refractivity contribution in [1.29, 1.82) is 0 Å². The molecule has 1 N–H and O–H groups in total. The molecule has 2 aromatic rings. The third kappa shape index (κ3) is 3.53. The number of nitrogens with zero attached hydrogens (tertiary/aromatic N) is 1. The van der Waals surface area contributed by atoms with Gasteiger partial charge in [0.25, 0.3) is 0 Å². The highest BCUT2D eigenvalue weighted by Gasteiger charge is 2.57. The minimum absolute atomic E-state index is 0.0115. The second-order valence-electron chi connectivity index (χ2n) is 7.41. The first kappa shape index (κ1) is 17.6. The quantitative estimate of drug-likeness (QED) is 0.862. The molecular formula is C20H22F2N2OS. The average molecular weight is 376 g/mol. The lowest BCUT2D eigenvalue weighted by Gasteiger charge is -2.29. The molecule has 6 heteroatoms. The van der Waals surface area contributed by atoms with Gasteiger partial charge >= 0.3 is 0 Å². The Bertz CT molecular complexity index is 787. The average Bonchev–Trinajstić information content (AvgIpc) is 3.06. The molecule has 1 amide bonds. The minimum Gasteiger partial charge on any atom is -0.334 e. The van der Waals surface area contributed by atoms with Crippen LogP contribution in [0.2, 0.25) is 0 Å². The fraction of sp³-hybridized carbons (Fsp3) is 0.450. The van der Waals surface area contributed by atoms with E-state index in [1.807, 2.05) is 16.3 Å². The summed E-state index contributed by atoms with van der Waals surface area (Å²) in [6.07, 6.45) is 3.33. The molecule has 1 aromatic heterocycles. The summed E-state index contributed by atoms with van der Waals surface area (Å²) < 4.78 is 26.6. The molecule has 1 aliphatic heterocycles. The fourth-order valence-electron chi connectivity index (χ4n) is 4.11. The maximum absolute atomic E-state index is 13.5. The van der Waals surface area contributed by atoms with Gasteiger partial charge in [-0.05, 0) is 77.9 Å². The molecule has 1 unspecified atom stereocenters. The van der Waals surface area contributed by atoms with Gasteiger partial charge in [0.15, 0.2) is 11.6 Å². The van der Waals surface area contributed by atoms with E-state index in [9.17, 15) is 13.6 Å².